The van der Waals surface area contributed by atoms with E-state index in [0.29, 0.717) is 30.0 Å². The van der Waals surface area contributed by atoms with E-state index in [4.69, 9.17) is 18.9 Å². The van der Waals surface area contributed by atoms with Crippen LogP contribution in [0.3, 0.4) is 0 Å². The molecule has 3 aliphatic heterocycles. The lowest BCUT2D eigenvalue weighted by molar-refractivity contribution is -0.155. The minimum absolute atomic E-state index is 0.0451. The molecule has 1 aliphatic carbocycles. The van der Waals surface area contributed by atoms with Gasteiger partial charge in [0.1, 0.15) is 17.0 Å². The van der Waals surface area contributed by atoms with Gasteiger partial charge in [0, 0.05) is 104 Å². The number of hydrogen-bond donors (Lipinski definition) is 0. The number of carbonyl (C=O) groups excluding carboxylic acids is 5. The van der Waals surface area contributed by atoms with Crippen LogP contribution < -0.4 is 15.9 Å². The fourth-order valence-electron chi connectivity index (χ4n) is 15.0. The van der Waals surface area contributed by atoms with Crippen LogP contribution in [0.1, 0.15) is 142 Å². The molecule has 1 saturated carbocycles. The van der Waals surface area contributed by atoms with E-state index in [0.717, 1.165) is 132 Å². The van der Waals surface area contributed by atoms with Gasteiger partial charge in [-0.15, -0.1) is 0 Å². The number of fused-ring (bicyclic) bond motifs is 1. The number of rotatable bonds is 24. The molecule has 0 aromatic heterocycles. The van der Waals surface area contributed by atoms with Gasteiger partial charge in [-0.2, -0.15) is 0 Å². The molecule has 14 nitrogen and oxygen atoms in total. The molecule has 0 amide bonds. The summed E-state index contributed by atoms with van der Waals surface area (Å²) in [5, 5.41) is 3.40. The Bertz CT molecular complexity index is 3730. The summed E-state index contributed by atoms with van der Waals surface area (Å²) in [7, 11) is 3.55. The number of Topliss-reactive ketones (excluding diaryl/α,β-unsaturated/α-hetero) is 1. The molecule has 0 bridgehead atoms. The van der Waals surface area contributed by atoms with Crippen molar-refractivity contribution < 1.29 is 47.7 Å². The van der Waals surface area contributed by atoms with Crippen LogP contribution in [0.5, 0.6) is 0 Å². The molecule has 0 N–H and O–H groups in total. The molecule has 0 radical (unpaired) electrons. The van der Waals surface area contributed by atoms with Crippen molar-refractivity contribution in [2.75, 3.05) is 73.5 Å². The number of likely N-dealkylation sites (tertiary alicyclic amines) is 3. The van der Waals surface area contributed by atoms with Crippen molar-refractivity contribution in [3.8, 4) is 0 Å². The fraction of sp³-hybridized carbons (Fsp3) is 0.468. The minimum atomic E-state index is -2.29. The lowest BCUT2D eigenvalue weighted by Gasteiger charge is -2.29. The van der Waals surface area contributed by atoms with E-state index in [9.17, 15) is 24.0 Å². The van der Waals surface area contributed by atoms with Gasteiger partial charge in [-0.3, -0.25) is 34.0 Å². The number of hydrogen-bond acceptors (Lipinski definition) is 14. The number of benzene rings is 7. The molecule has 16 heteroatoms. The summed E-state index contributed by atoms with van der Waals surface area (Å²) in [4.78, 5) is 68.2. The van der Waals surface area contributed by atoms with Gasteiger partial charge in [0.2, 0.25) is 0 Å². The molecule has 4 aliphatic rings. The lowest BCUT2D eigenvalue weighted by atomic mass is 9.90. The van der Waals surface area contributed by atoms with E-state index in [1.54, 1.807) is 13.2 Å². The molecule has 6 atom stereocenters. The van der Waals surface area contributed by atoms with Crippen molar-refractivity contribution in [1.29, 1.82) is 0 Å². The Labute approximate surface area is 662 Å². The van der Waals surface area contributed by atoms with E-state index in [-0.39, 0.29) is 35.4 Å². The average molecular weight is 1540 g/mol. The Morgan fingerprint density at radius 1 is 0.491 bits per heavy atom. The van der Waals surface area contributed by atoms with Crippen LogP contribution in [0.15, 0.2) is 224 Å². The zero-order valence-electron chi connectivity index (χ0n) is 69.1. The Morgan fingerprint density at radius 2 is 0.882 bits per heavy atom. The molecule has 7 aromatic carbocycles. The largest absolute Gasteiger partial charge is 0.469 e. The molecule has 3 saturated heterocycles. The van der Waals surface area contributed by atoms with Crippen molar-refractivity contribution in [1.82, 2.24) is 19.6 Å². The van der Waals surface area contributed by atoms with Crippen LogP contribution in [0.25, 0.3) is 0 Å². The summed E-state index contributed by atoms with van der Waals surface area (Å²) in [6.07, 6.45) is 12.8. The van der Waals surface area contributed by atoms with E-state index in [1.165, 1.54) is 68.2 Å². The topological polar surface area (TPSA) is 144 Å². The number of nitrogens with zero attached hydrogens (tertiary/aromatic N) is 4. The van der Waals surface area contributed by atoms with Crippen LogP contribution in [-0.2, 0) is 73.8 Å². The van der Waals surface area contributed by atoms with Gasteiger partial charge >= 0.3 is 23.9 Å². The Balaban J connectivity index is 0.000000212. The Hall–Kier alpha value is -7.85. The van der Waals surface area contributed by atoms with Crippen molar-refractivity contribution >= 4 is 66.3 Å². The molecular formula is C94H131N4O10PSi. The molecule has 596 valence electrons. The summed E-state index contributed by atoms with van der Waals surface area (Å²) >= 11 is 0. The van der Waals surface area contributed by atoms with Crippen molar-refractivity contribution in [3.63, 3.8) is 0 Å². The van der Waals surface area contributed by atoms with Crippen LogP contribution >= 0.6 is 6.89 Å². The SMILES string of the molecule is CC(C)(C)OC(=O)C=P(c1ccccc1)(c1ccccc1)c1ccccc1.CC/C=C/C(=O)OC.CCC1CN(Cc2ccccc2)CC1C(=O)OC.CCC1CN(Cc2ccccc2)CC1CCC(=O)OC(C)(C)C.COCN(Cc1ccccc1)C[Si](C)(C)C.O=C1CCC2CN(Cc3ccccc3)CC2CC1. The summed E-state index contributed by atoms with van der Waals surface area (Å²) in [6.45, 7) is 33.8. The third kappa shape index (κ3) is 33.2. The van der Waals surface area contributed by atoms with Crippen LogP contribution in [0.4, 0.5) is 0 Å². The quantitative estimate of drug-likeness (QED) is 0.0141. The van der Waals surface area contributed by atoms with Crippen LogP contribution in [0.2, 0.25) is 19.6 Å². The molecule has 110 heavy (non-hydrogen) atoms. The van der Waals surface area contributed by atoms with E-state index in [2.05, 4.69) is 209 Å². The third-order valence-corrected chi connectivity index (χ3v) is 25.3. The highest BCUT2D eigenvalue weighted by Gasteiger charge is 2.38. The highest BCUT2D eigenvalue weighted by molar-refractivity contribution is 7.95. The van der Waals surface area contributed by atoms with Gasteiger partial charge in [-0.05, 0) is 148 Å². The molecule has 11 rings (SSSR count). The van der Waals surface area contributed by atoms with Crippen molar-refractivity contribution in [2.24, 2.45) is 35.5 Å². The van der Waals surface area contributed by atoms with Crippen molar-refractivity contribution in [3.05, 3.63) is 247 Å². The fourth-order valence-corrected chi connectivity index (χ4v) is 20.2. The number of carbonyl (C=O) groups is 5. The number of esters is 4. The predicted molar refractivity (Wildman–Crippen MR) is 458 cm³/mol. The average Bonchev–Trinajstić information content (AvgIpc) is 1.76. The first-order chi connectivity index (χ1) is 52.7. The normalized spacial score (nSPS) is 18.7. The standard InChI is InChI=1S/C24H25O2P.C20H31NO2.C16H21NO.C15H21NO2.C13H23NOSi.C6H10O2/c1-24(2,3)26-23(25)19-27(20-13-7-4-8-14-20,21-15-9-5-10-16-21)22-17-11-6-12-18-22;1-5-17-14-21(13-16-9-7-6-8-10-16)15-18(17)11-12-19(22)23-20(2,3)4;18-16-8-6-14-11-17(12-15(14)7-9-16)10-13-4-2-1-3-5-13;1-3-13-10-16(11-14(13)15(17)18-2)9-12-7-5-4-6-8-12;1-15-11-14(12-16(2,3)4)10-13-8-6-5-7-9-13;1-3-4-5-6(7)8-2/h4-19H,1-3H3;6-10,17-18H,5,11-15H2,1-4H3;1-5,14-15H,6-12H2;4-8,13-14H,3,9-11H2,1-2H3;5-9H,10-12H2,1-4H3;4-5H,3H2,1-2H3/b;;;;;5-4+. The molecule has 3 heterocycles. The van der Waals surface area contributed by atoms with E-state index < -0.39 is 20.6 Å². The first-order valence-corrected chi connectivity index (χ1v) is 45.5. The Kier molecular flexibility index (Phi) is 39.3. The Morgan fingerprint density at radius 3 is 1.26 bits per heavy atom. The maximum absolute atomic E-state index is 12.9. The number of ketones is 1. The smallest absolute Gasteiger partial charge is 0.332 e. The highest BCUT2D eigenvalue weighted by atomic mass is 31.2. The summed E-state index contributed by atoms with van der Waals surface area (Å²) in [5.41, 5.74) is 4.53. The minimum Gasteiger partial charge on any atom is -0.469 e. The summed E-state index contributed by atoms with van der Waals surface area (Å²) in [5.74, 6) is 4.92. The van der Waals surface area contributed by atoms with E-state index in [1.807, 2.05) is 115 Å². The molecule has 0 spiro atoms. The number of allylic oxidation sites excluding steroid dienone is 1. The maximum atomic E-state index is 12.9. The second-order valence-electron chi connectivity index (χ2n) is 32.7. The highest BCUT2D eigenvalue weighted by Crippen LogP contribution is 2.44. The van der Waals surface area contributed by atoms with E-state index >= 15 is 0 Å². The van der Waals surface area contributed by atoms with Gasteiger partial charge in [-0.1, -0.05) is 272 Å². The molecule has 6 unspecified atom stereocenters. The first kappa shape index (κ1) is 91.0. The molecular weight excluding hydrogens is 1400 g/mol. The van der Waals surface area contributed by atoms with Gasteiger partial charge in [0.05, 0.1) is 34.9 Å². The second-order valence-corrected chi connectivity index (χ2v) is 41.4. The van der Waals surface area contributed by atoms with Gasteiger partial charge < -0.3 is 23.7 Å². The monoisotopic (exact) mass is 1530 g/mol. The maximum Gasteiger partial charge on any atom is 0.332 e. The second kappa shape index (κ2) is 47.5. The van der Waals surface area contributed by atoms with Crippen LogP contribution in [0, 0.1) is 35.5 Å². The number of ether oxygens (including phenoxy) is 5. The van der Waals surface area contributed by atoms with Gasteiger partial charge in [0.25, 0.3) is 0 Å². The number of methoxy groups -OCH3 is 3. The summed E-state index contributed by atoms with van der Waals surface area (Å²) in [6, 6.07) is 73.1. The van der Waals surface area contributed by atoms with Crippen molar-refractivity contribution in [2.45, 2.75) is 177 Å². The lowest BCUT2D eigenvalue weighted by Crippen LogP contribution is -2.40. The first-order valence-electron chi connectivity index (χ1n) is 39.9. The van der Waals surface area contributed by atoms with Crippen LogP contribution in [-0.4, -0.2) is 148 Å². The third-order valence-electron chi connectivity index (χ3n) is 20.0. The molecule has 4 fully saturated rings. The van der Waals surface area contributed by atoms with Gasteiger partial charge in [0.15, 0.2) is 0 Å². The zero-order chi connectivity index (χ0) is 80.0. The zero-order valence-corrected chi connectivity index (χ0v) is 71.0. The summed E-state index contributed by atoms with van der Waals surface area (Å²) < 4.78 is 25.6. The molecule has 7 aromatic rings. The predicted octanol–water partition coefficient (Wildman–Crippen LogP) is 17.7. The van der Waals surface area contributed by atoms with Gasteiger partial charge in [-0.25, -0.2) is 9.59 Å².